The number of fused-ring (bicyclic) bond motifs is 2. The van der Waals surface area contributed by atoms with Gasteiger partial charge in [0, 0.05) is 12.2 Å². The van der Waals surface area contributed by atoms with Gasteiger partial charge < -0.3 is 5.73 Å². The van der Waals surface area contributed by atoms with Crippen LogP contribution in [0.1, 0.15) is 31.2 Å². The van der Waals surface area contributed by atoms with E-state index in [1.807, 2.05) is 6.07 Å². The van der Waals surface area contributed by atoms with Gasteiger partial charge in [0.2, 0.25) is 0 Å². The highest BCUT2D eigenvalue weighted by Crippen LogP contribution is 2.49. The van der Waals surface area contributed by atoms with Gasteiger partial charge in [-0.15, -0.1) is 0 Å². The van der Waals surface area contributed by atoms with E-state index in [0.29, 0.717) is 17.8 Å². The summed E-state index contributed by atoms with van der Waals surface area (Å²) in [5.74, 6) is 8.94. The van der Waals surface area contributed by atoms with E-state index in [1.54, 1.807) is 6.20 Å². The monoisotopic (exact) mass is 246 g/mol. The van der Waals surface area contributed by atoms with Gasteiger partial charge in [0.05, 0.1) is 0 Å². The molecule has 4 atom stereocenters. The topological polar surface area (TPSA) is 77.0 Å². The van der Waals surface area contributed by atoms with Gasteiger partial charge >= 0.3 is 0 Å². The predicted molar refractivity (Wildman–Crippen MR) is 72.4 cm³/mol. The number of hydrogen-bond acceptors (Lipinski definition) is 4. The summed E-state index contributed by atoms with van der Waals surface area (Å²) < 4.78 is 0. The summed E-state index contributed by atoms with van der Waals surface area (Å²) in [7, 11) is 0. The lowest BCUT2D eigenvalue weighted by Gasteiger charge is -2.30. The van der Waals surface area contributed by atoms with Crippen LogP contribution in [0, 0.1) is 17.8 Å². The lowest BCUT2D eigenvalue weighted by molar-refractivity contribution is 0.248. The van der Waals surface area contributed by atoms with Crippen LogP contribution >= 0.6 is 0 Å². The first-order chi connectivity index (χ1) is 8.78. The second kappa shape index (κ2) is 4.86. The molecular formula is C14H22N4. The fourth-order valence-corrected chi connectivity index (χ4v) is 3.98. The molecule has 0 aliphatic heterocycles. The largest absolute Gasteiger partial charge is 0.383 e. The Morgan fingerprint density at radius 3 is 2.89 bits per heavy atom. The molecule has 0 spiro atoms. The average molecular weight is 246 g/mol. The number of aromatic nitrogens is 1. The van der Waals surface area contributed by atoms with E-state index in [2.05, 4.69) is 16.5 Å². The summed E-state index contributed by atoms with van der Waals surface area (Å²) >= 11 is 0. The van der Waals surface area contributed by atoms with Gasteiger partial charge in [-0.3, -0.25) is 11.3 Å². The van der Waals surface area contributed by atoms with Crippen LogP contribution in [0.25, 0.3) is 0 Å². The van der Waals surface area contributed by atoms with Crippen molar-refractivity contribution >= 4 is 5.82 Å². The quantitative estimate of drug-likeness (QED) is 0.555. The molecule has 1 aromatic heterocycles. The van der Waals surface area contributed by atoms with E-state index in [1.165, 1.54) is 25.7 Å². The minimum absolute atomic E-state index is 0.340. The molecule has 2 bridgehead atoms. The Hall–Kier alpha value is -1.13. The van der Waals surface area contributed by atoms with Crippen molar-refractivity contribution in [3.8, 4) is 0 Å². The van der Waals surface area contributed by atoms with Crippen molar-refractivity contribution in [1.29, 1.82) is 0 Å². The first kappa shape index (κ1) is 11.9. The maximum absolute atomic E-state index is 5.92. The second-order valence-corrected chi connectivity index (χ2v) is 5.86. The number of hydrogen-bond donors (Lipinski definition) is 3. The number of nitrogens with one attached hydrogen (secondary N) is 1. The van der Waals surface area contributed by atoms with E-state index in [4.69, 9.17) is 11.6 Å². The number of rotatable bonds is 4. The molecule has 18 heavy (non-hydrogen) atoms. The smallest absolute Gasteiger partial charge is 0.126 e. The van der Waals surface area contributed by atoms with Crippen LogP contribution in [0.3, 0.4) is 0 Å². The summed E-state index contributed by atoms with van der Waals surface area (Å²) in [6.45, 7) is 0. The standard InChI is InChI=1S/C14H22N4/c15-14-11(2-1-5-17-14)8-13(18-16)12-7-9-3-4-10(12)6-9/h1-2,5,9-10,12-13,18H,3-4,6-8,16H2,(H2,15,17). The Labute approximate surface area is 108 Å². The third-order valence-corrected chi connectivity index (χ3v) is 4.89. The first-order valence-electron chi connectivity index (χ1n) is 6.93. The minimum atomic E-state index is 0.340. The third-order valence-electron chi connectivity index (χ3n) is 4.89. The van der Waals surface area contributed by atoms with E-state index < -0.39 is 0 Å². The number of hydrazine groups is 1. The number of nitrogen functional groups attached to an aromatic ring is 1. The zero-order valence-electron chi connectivity index (χ0n) is 10.7. The van der Waals surface area contributed by atoms with Crippen molar-refractivity contribution in [3.05, 3.63) is 23.9 Å². The highest BCUT2D eigenvalue weighted by atomic mass is 15.2. The van der Waals surface area contributed by atoms with Crippen LogP contribution in [-0.4, -0.2) is 11.0 Å². The molecule has 4 nitrogen and oxygen atoms in total. The molecule has 2 saturated carbocycles. The average Bonchev–Trinajstić information content (AvgIpc) is 3.00. The Morgan fingerprint density at radius 1 is 1.39 bits per heavy atom. The van der Waals surface area contributed by atoms with Crippen LogP contribution < -0.4 is 17.0 Å². The fraction of sp³-hybridized carbons (Fsp3) is 0.643. The van der Waals surface area contributed by atoms with Gasteiger partial charge in [-0.1, -0.05) is 12.5 Å². The van der Waals surface area contributed by atoms with Crippen LogP contribution in [0.15, 0.2) is 18.3 Å². The number of nitrogens with zero attached hydrogens (tertiary/aromatic N) is 1. The molecule has 4 heteroatoms. The molecule has 0 radical (unpaired) electrons. The summed E-state index contributed by atoms with van der Waals surface area (Å²) in [4.78, 5) is 4.15. The lowest BCUT2D eigenvalue weighted by Crippen LogP contribution is -2.44. The summed E-state index contributed by atoms with van der Waals surface area (Å²) in [6.07, 6.45) is 8.18. The van der Waals surface area contributed by atoms with Gasteiger partial charge in [0.1, 0.15) is 5.82 Å². The normalized spacial score (nSPS) is 31.7. The van der Waals surface area contributed by atoms with E-state index in [0.717, 1.165) is 23.8 Å². The molecule has 0 saturated heterocycles. The van der Waals surface area contributed by atoms with Crippen LogP contribution in [-0.2, 0) is 6.42 Å². The van der Waals surface area contributed by atoms with Crippen LogP contribution in [0.5, 0.6) is 0 Å². The van der Waals surface area contributed by atoms with Crippen molar-refractivity contribution in [2.45, 2.75) is 38.1 Å². The van der Waals surface area contributed by atoms with Crippen molar-refractivity contribution in [1.82, 2.24) is 10.4 Å². The Bertz CT molecular complexity index is 420. The highest BCUT2D eigenvalue weighted by molar-refractivity contribution is 5.39. The number of nitrogens with two attached hydrogens (primary N) is 2. The van der Waals surface area contributed by atoms with Crippen LogP contribution in [0.2, 0.25) is 0 Å². The van der Waals surface area contributed by atoms with Crippen molar-refractivity contribution in [2.75, 3.05) is 5.73 Å². The van der Waals surface area contributed by atoms with Gasteiger partial charge in [-0.2, -0.15) is 0 Å². The summed E-state index contributed by atoms with van der Waals surface area (Å²) in [5.41, 5.74) is 10.1. The Balaban J connectivity index is 1.72. The summed E-state index contributed by atoms with van der Waals surface area (Å²) in [5, 5.41) is 0. The van der Waals surface area contributed by atoms with Crippen molar-refractivity contribution in [3.63, 3.8) is 0 Å². The molecule has 4 unspecified atom stereocenters. The molecule has 0 amide bonds. The van der Waals surface area contributed by atoms with Gasteiger partial charge in [-0.25, -0.2) is 4.98 Å². The summed E-state index contributed by atoms with van der Waals surface area (Å²) in [6, 6.07) is 4.34. The molecule has 98 valence electrons. The van der Waals surface area contributed by atoms with Gasteiger partial charge in [0.25, 0.3) is 0 Å². The molecular weight excluding hydrogens is 224 g/mol. The third kappa shape index (κ3) is 2.10. The lowest BCUT2D eigenvalue weighted by atomic mass is 9.81. The maximum Gasteiger partial charge on any atom is 0.126 e. The Morgan fingerprint density at radius 2 is 2.28 bits per heavy atom. The molecule has 2 aliphatic carbocycles. The van der Waals surface area contributed by atoms with Gasteiger partial charge in [-0.05, 0) is 55.1 Å². The van der Waals surface area contributed by atoms with E-state index in [9.17, 15) is 0 Å². The molecule has 3 rings (SSSR count). The SMILES string of the molecule is NNC(Cc1cccnc1N)C1CC2CCC1C2. The molecule has 0 aromatic carbocycles. The second-order valence-electron chi connectivity index (χ2n) is 5.86. The van der Waals surface area contributed by atoms with Crippen molar-refractivity contribution in [2.24, 2.45) is 23.6 Å². The van der Waals surface area contributed by atoms with E-state index >= 15 is 0 Å². The highest BCUT2D eigenvalue weighted by Gasteiger charge is 2.42. The molecule has 2 fully saturated rings. The van der Waals surface area contributed by atoms with E-state index in [-0.39, 0.29) is 0 Å². The van der Waals surface area contributed by atoms with Crippen LogP contribution in [0.4, 0.5) is 5.82 Å². The maximum atomic E-state index is 5.92. The zero-order valence-corrected chi connectivity index (χ0v) is 10.7. The molecule has 1 aromatic rings. The molecule has 1 heterocycles. The Kier molecular flexibility index (Phi) is 3.22. The zero-order chi connectivity index (χ0) is 12.5. The first-order valence-corrected chi connectivity index (χ1v) is 6.93. The van der Waals surface area contributed by atoms with Gasteiger partial charge in [0.15, 0.2) is 0 Å². The molecule has 5 N–H and O–H groups in total. The number of pyridine rings is 1. The predicted octanol–water partition coefficient (Wildman–Crippen LogP) is 1.47. The molecule has 2 aliphatic rings. The van der Waals surface area contributed by atoms with Crippen molar-refractivity contribution < 1.29 is 0 Å². The number of anilines is 1. The minimum Gasteiger partial charge on any atom is -0.383 e. The fourth-order valence-electron chi connectivity index (χ4n) is 3.98.